The second-order valence-electron chi connectivity index (χ2n) is 2.03. The van der Waals surface area contributed by atoms with E-state index in [1.807, 2.05) is 0 Å². The number of halogens is 3. The van der Waals surface area contributed by atoms with Gasteiger partial charge in [0.25, 0.3) is 0 Å². The third kappa shape index (κ3) is 2.95. The van der Waals surface area contributed by atoms with Crippen LogP contribution in [0.1, 0.15) is 17.2 Å². The molecule has 0 radical (unpaired) electrons. The predicted molar refractivity (Wildman–Crippen MR) is 40.2 cm³/mol. The van der Waals surface area contributed by atoms with Crippen molar-refractivity contribution in [2.24, 2.45) is 0 Å². The number of nitriles is 2. The average Bonchev–Trinajstić information content (AvgIpc) is 2.45. The topological polar surface area (TPSA) is 139 Å². The van der Waals surface area contributed by atoms with Crippen LogP contribution in [0.3, 0.4) is 0 Å². The summed E-state index contributed by atoms with van der Waals surface area (Å²) < 4.78 is 35.8. The molecule has 0 aliphatic heterocycles. The highest BCUT2D eigenvalue weighted by Gasteiger charge is 2.35. The van der Waals surface area contributed by atoms with Crippen molar-refractivity contribution in [3.8, 4) is 12.1 Å². The van der Waals surface area contributed by atoms with Crippen molar-refractivity contribution in [1.82, 2.24) is 9.97 Å². The van der Waals surface area contributed by atoms with Gasteiger partial charge in [-0.2, -0.15) is 23.7 Å². The Labute approximate surface area is 81.2 Å². The molecule has 5 N–H and O–H groups in total. The molecule has 1 heterocycles. The highest BCUT2D eigenvalue weighted by atomic mass is 19.4. The fourth-order valence-corrected chi connectivity index (χ4v) is 0.669. The fraction of sp³-hybridized carbons (Fsp3) is 0.167. The second kappa shape index (κ2) is 4.95. The highest BCUT2D eigenvalue weighted by Crippen LogP contribution is 2.27. The maximum Gasteiger partial charge on any atom is 0.449 e. The Balaban J connectivity index is 0. The van der Waals surface area contributed by atoms with Crippen LogP contribution in [0.15, 0.2) is 0 Å². The summed E-state index contributed by atoms with van der Waals surface area (Å²) >= 11 is 0. The lowest BCUT2D eigenvalue weighted by atomic mass is 10.4. The third-order valence-electron chi connectivity index (χ3n) is 1.19. The highest BCUT2D eigenvalue weighted by molar-refractivity contribution is 5.36. The number of rotatable bonds is 0. The lowest BCUT2D eigenvalue weighted by molar-refractivity contribution is -0.144. The number of alkyl halides is 3. The molecule has 0 saturated heterocycles. The number of aromatic nitrogens is 2. The Morgan fingerprint density at radius 1 is 1.13 bits per heavy atom. The van der Waals surface area contributed by atoms with Crippen molar-refractivity contribution in [2.45, 2.75) is 6.18 Å². The van der Waals surface area contributed by atoms with Crippen molar-refractivity contribution in [3.63, 3.8) is 0 Å². The predicted octanol–water partition coefficient (Wildman–Crippen LogP) is -0.478. The molecule has 0 bridgehead atoms. The van der Waals surface area contributed by atoms with Crippen molar-refractivity contribution < 1.29 is 24.1 Å². The zero-order chi connectivity index (χ0) is 10.1. The molecular formula is C6H5F3N4O2. The van der Waals surface area contributed by atoms with Gasteiger partial charge in [0.05, 0.1) is 0 Å². The van der Waals surface area contributed by atoms with Crippen molar-refractivity contribution in [2.75, 3.05) is 0 Å². The number of H-pyrrole nitrogens is 1. The minimum absolute atomic E-state index is 0. The van der Waals surface area contributed by atoms with Crippen LogP contribution in [0.5, 0.6) is 0 Å². The first-order valence-corrected chi connectivity index (χ1v) is 2.96. The first kappa shape index (κ1) is 15.4. The van der Waals surface area contributed by atoms with Gasteiger partial charge >= 0.3 is 6.18 Å². The van der Waals surface area contributed by atoms with E-state index in [-0.39, 0.29) is 11.0 Å². The fourth-order valence-electron chi connectivity index (χ4n) is 0.669. The minimum atomic E-state index is -4.67. The number of hydrogen-bond donors (Lipinski definition) is 1. The van der Waals surface area contributed by atoms with E-state index in [0.717, 1.165) is 0 Å². The molecule has 0 saturated carbocycles. The molecule has 0 spiro atoms. The summed E-state index contributed by atoms with van der Waals surface area (Å²) in [6.07, 6.45) is -4.67. The van der Waals surface area contributed by atoms with Crippen molar-refractivity contribution in [3.05, 3.63) is 17.2 Å². The second-order valence-corrected chi connectivity index (χ2v) is 2.03. The van der Waals surface area contributed by atoms with Gasteiger partial charge in [-0.15, -0.1) is 0 Å². The molecule has 0 aromatic carbocycles. The smallest absolute Gasteiger partial charge is 0.412 e. The normalized spacial score (nSPS) is 9.13. The molecule has 0 unspecified atom stereocenters. The maximum atomic E-state index is 11.9. The van der Waals surface area contributed by atoms with Gasteiger partial charge in [-0.25, -0.2) is 4.98 Å². The van der Waals surface area contributed by atoms with Crippen LogP contribution < -0.4 is 0 Å². The number of hydrogen-bond acceptors (Lipinski definition) is 3. The third-order valence-corrected chi connectivity index (χ3v) is 1.19. The van der Waals surface area contributed by atoms with E-state index < -0.39 is 23.4 Å². The van der Waals surface area contributed by atoms with Crippen molar-refractivity contribution in [1.29, 1.82) is 10.5 Å². The summed E-state index contributed by atoms with van der Waals surface area (Å²) in [4.78, 5) is 4.61. The summed E-state index contributed by atoms with van der Waals surface area (Å²) in [6.45, 7) is 0. The van der Waals surface area contributed by atoms with Gasteiger partial charge in [0.15, 0.2) is 11.4 Å². The molecule has 1 aromatic heterocycles. The van der Waals surface area contributed by atoms with E-state index in [9.17, 15) is 13.2 Å². The van der Waals surface area contributed by atoms with Gasteiger partial charge in [0.1, 0.15) is 12.1 Å². The van der Waals surface area contributed by atoms with Crippen LogP contribution in [0.4, 0.5) is 13.2 Å². The van der Waals surface area contributed by atoms with Crippen molar-refractivity contribution >= 4 is 0 Å². The molecule has 0 aliphatic rings. The minimum Gasteiger partial charge on any atom is -0.412 e. The molecule has 82 valence electrons. The summed E-state index contributed by atoms with van der Waals surface area (Å²) in [7, 11) is 0. The van der Waals surface area contributed by atoms with E-state index in [1.165, 1.54) is 12.1 Å². The van der Waals surface area contributed by atoms with E-state index in [2.05, 4.69) is 4.98 Å². The summed E-state index contributed by atoms with van der Waals surface area (Å²) in [5.41, 5.74) is -1.02. The number of nitrogens with one attached hydrogen (secondary N) is 1. The Morgan fingerprint density at radius 2 is 1.67 bits per heavy atom. The molecule has 0 amide bonds. The molecule has 1 aromatic rings. The molecule has 0 fully saturated rings. The van der Waals surface area contributed by atoms with E-state index in [1.54, 1.807) is 4.98 Å². The molecule has 15 heavy (non-hydrogen) atoms. The maximum absolute atomic E-state index is 11.9. The van der Waals surface area contributed by atoms with Crippen LogP contribution in [-0.2, 0) is 6.18 Å². The number of nitrogens with zero attached hydrogens (tertiary/aromatic N) is 3. The Morgan fingerprint density at radius 3 is 1.93 bits per heavy atom. The van der Waals surface area contributed by atoms with Gasteiger partial charge in [-0.05, 0) is 0 Å². The lowest BCUT2D eigenvalue weighted by Gasteiger charge is -1.98. The Kier molecular flexibility index (Phi) is 5.07. The SMILES string of the molecule is N#Cc1nc(C(F)(F)F)[nH]c1C#N.O.O. The van der Waals surface area contributed by atoms with E-state index >= 15 is 0 Å². The zero-order valence-electron chi connectivity index (χ0n) is 6.98. The van der Waals surface area contributed by atoms with Gasteiger partial charge in [0.2, 0.25) is 5.82 Å². The van der Waals surface area contributed by atoms with Gasteiger partial charge in [0, 0.05) is 0 Å². The standard InChI is InChI=1S/C6HF3N4.2H2O/c7-6(8,9)5-12-3(1-10)4(2-11)13-5;;/h(H,12,13);2*1H2. The number of imidazole rings is 1. The first-order chi connectivity index (χ1) is 5.99. The molecule has 1 rings (SSSR count). The van der Waals surface area contributed by atoms with Crippen LogP contribution in [-0.4, -0.2) is 20.9 Å². The van der Waals surface area contributed by atoms with Gasteiger partial charge in [-0.3, -0.25) is 0 Å². The molecule has 6 nitrogen and oxygen atoms in total. The first-order valence-electron chi connectivity index (χ1n) is 2.96. The Hall–Kier alpha value is -2.10. The van der Waals surface area contributed by atoms with Crippen LogP contribution in [0, 0.1) is 22.7 Å². The van der Waals surface area contributed by atoms with Crippen LogP contribution in [0.2, 0.25) is 0 Å². The van der Waals surface area contributed by atoms with Gasteiger partial charge < -0.3 is 15.9 Å². The molecule has 9 heteroatoms. The summed E-state index contributed by atoms with van der Waals surface area (Å²) in [5, 5.41) is 16.6. The zero-order valence-corrected chi connectivity index (χ0v) is 6.98. The Bertz CT molecular complexity index is 380. The molecular weight excluding hydrogens is 217 g/mol. The quantitative estimate of drug-likeness (QED) is 0.633. The van der Waals surface area contributed by atoms with Crippen LogP contribution >= 0.6 is 0 Å². The summed E-state index contributed by atoms with van der Waals surface area (Å²) in [6, 6.07) is 2.77. The largest absolute Gasteiger partial charge is 0.449 e. The van der Waals surface area contributed by atoms with Gasteiger partial charge in [-0.1, -0.05) is 0 Å². The van der Waals surface area contributed by atoms with E-state index in [0.29, 0.717) is 0 Å². The summed E-state index contributed by atoms with van der Waals surface area (Å²) in [5.74, 6) is -1.33. The average molecular weight is 222 g/mol. The van der Waals surface area contributed by atoms with E-state index in [4.69, 9.17) is 10.5 Å². The monoisotopic (exact) mass is 222 g/mol. The molecule has 0 aliphatic carbocycles. The lowest BCUT2D eigenvalue weighted by Crippen LogP contribution is -2.07. The molecule has 0 atom stereocenters. The number of aromatic amines is 1. The van der Waals surface area contributed by atoms with Crippen LogP contribution in [0.25, 0.3) is 0 Å².